The van der Waals surface area contributed by atoms with Crippen molar-refractivity contribution in [2.75, 3.05) is 0 Å². The number of nitrogens with one attached hydrogen (secondary N) is 2. The summed E-state index contributed by atoms with van der Waals surface area (Å²) in [6.07, 6.45) is -0.197. The molecule has 0 aliphatic heterocycles. The van der Waals surface area contributed by atoms with Crippen LogP contribution in [0.1, 0.15) is 5.56 Å². The molecule has 0 atom stereocenters. The molecule has 1 aromatic carbocycles. The minimum atomic E-state index is -1.03. The van der Waals surface area contributed by atoms with Crippen LogP contribution in [-0.2, 0) is 11.2 Å². The molecule has 5 nitrogen and oxygen atoms in total. The lowest BCUT2D eigenvalue weighted by Crippen LogP contribution is -2.45. The van der Waals surface area contributed by atoms with Crippen molar-refractivity contribution in [1.82, 2.24) is 10.9 Å². The molecule has 3 amide bonds. The second kappa shape index (κ2) is 5.06. The smallest absolute Gasteiger partial charge is 0.330 e. The lowest BCUT2D eigenvalue weighted by atomic mass is 10.1. The number of hydrazine groups is 1. The molecule has 0 heterocycles. The van der Waals surface area contributed by atoms with Crippen molar-refractivity contribution in [3.05, 3.63) is 35.4 Å². The first-order valence-electron chi connectivity index (χ1n) is 4.27. The van der Waals surface area contributed by atoms with Crippen LogP contribution >= 0.6 is 0 Å². The molecule has 0 saturated carbocycles. The van der Waals surface area contributed by atoms with Gasteiger partial charge in [0.15, 0.2) is 11.6 Å². The minimum Gasteiger partial charge on any atom is -0.350 e. The Morgan fingerprint density at radius 3 is 2.44 bits per heavy atom. The fraction of sp³-hybridized carbons (Fsp3) is 0.111. The second-order valence-corrected chi connectivity index (χ2v) is 2.96. The summed E-state index contributed by atoms with van der Waals surface area (Å²) in [6.45, 7) is 0. The van der Waals surface area contributed by atoms with E-state index < -0.39 is 23.6 Å². The molecular weight excluding hydrogens is 220 g/mol. The zero-order valence-electron chi connectivity index (χ0n) is 8.09. The molecular formula is C9H9F2N3O2. The SMILES string of the molecule is NC(=O)NNC(=O)Cc1ccc(F)c(F)c1. The molecule has 86 valence electrons. The number of halogens is 2. The number of amides is 3. The van der Waals surface area contributed by atoms with Gasteiger partial charge in [0.2, 0.25) is 5.91 Å². The summed E-state index contributed by atoms with van der Waals surface area (Å²) in [7, 11) is 0. The van der Waals surface area contributed by atoms with E-state index >= 15 is 0 Å². The van der Waals surface area contributed by atoms with Gasteiger partial charge in [-0.25, -0.2) is 19.0 Å². The van der Waals surface area contributed by atoms with E-state index in [1.807, 2.05) is 10.9 Å². The predicted molar refractivity (Wildman–Crippen MR) is 50.9 cm³/mol. The minimum absolute atomic E-state index is 0.197. The zero-order chi connectivity index (χ0) is 12.1. The molecule has 7 heteroatoms. The van der Waals surface area contributed by atoms with E-state index in [4.69, 9.17) is 5.73 Å². The van der Waals surface area contributed by atoms with E-state index in [9.17, 15) is 18.4 Å². The third kappa shape index (κ3) is 3.52. The van der Waals surface area contributed by atoms with Crippen molar-refractivity contribution in [2.45, 2.75) is 6.42 Å². The maximum atomic E-state index is 12.7. The van der Waals surface area contributed by atoms with Gasteiger partial charge in [-0.2, -0.15) is 0 Å². The summed E-state index contributed by atoms with van der Waals surface area (Å²) in [5.74, 6) is -2.61. The van der Waals surface area contributed by atoms with Crippen molar-refractivity contribution < 1.29 is 18.4 Å². The Labute approximate surface area is 89.6 Å². The highest BCUT2D eigenvalue weighted by Gasteiger charge is 2.07. The highest BCUT2D eigenvalue weighted by molar-refractivity contribution is 5.81. The number of hydrogen-bond acceptors (Lipinski definition) is 2. The van der Waals surface area contributed by atoms with Gasteiger partial charge in [0.25, 0.3) is 0 Å². The number of primary amides is 1. The third-order valence-electron chi connectivity index (χ3n) is 1.67. The normalized spacial score (nSPS) is 9.62. The summed E-state index contributed by atoms with van der Waals surface area (Å²) in [5, 5.41) is 0. The van der Waals surface area contributed by atoms with Crippen LogP contribution in [-0.4, -0.2) is 11.9 Å². The summed E-state index contributed by atoms with van der Waals surface area (Å²) in [5.41, 5.74) is 8.83. The number of benzene rings is 1. The molecule has 0 fully saturated rings. The molecule has 0 spiro atoms. The highest BCUT2D eigenvalue weighted by Crippen LogP contribution is 2.08. The molecule has 0 bridgehead atoms. The first-order valence-corrected chi connectivity index (χ1v) is 4.27. The van der Waals surface area contributed by atoms with Crippen LogP contribution in [0.5, 0.6) is 0 Å². The number of carbonyl (C=O) groups excluding carboxylic acids is 2. The molecule has 4 N–H and O–H groups in total. The van der Waals surface area contributed by atoms with E-state index in [0.29, 0.717) is 0 Å². The van der Waals surface area contributed by atoms with E-state index in [-0.39, 0.29) is 12.0 Å². The number of nitrogens with two attached hydrogens (primary N) is 1. The van der Waals surface area contributed by atoms with Crippen LogP contribution in [0.3, 0.4) is 0 Å². The van der Waals surface area contributed by atoms with E-state index in [2.05, 4.69) is 0 Å². The first kappa shape index (κ1) is 11.9. The quantitative estimate of drug-likeness (QED) is 0.633. The van der Waals surface area contributed by atoms with Gasteiger partial charge < -0.3 is 5.73 Å². The maximum absolute atomic E-state index is 12.7. The van der Waals surface area contributed by atoms with Gasteiger partial charge in [-0.1, -0.05) is 6.07 Å². The Balaban J connectivity index is 2.56. The number of hydrogen-bond donors (Lipinski definition) is 3. The Kier molecular flexibility index (Phi) is 3.76. The van der Waals surface area contributed by atoms with Crippen LogP contribution in [0.25, 0.3) is 0 Å². The van der Waals surface area contributed by atoms with E-state index in [1.165, 1.54) is 6.07 Å². The van der Waals surface area contributed by atoms with Crippen molar-refractivity contribution >= 4 is 11.9 Å². The predicted octanol–water partition coefficient (Wildman–Crippen LogP) is 0.207. The molecule has 0 aliphatic carbocycles. The summed E-state index contributed by atoms with van der Waals surface area (Å²) >= 11 is 0. The highest BCUT2D eigenvalue weighted by atomic mass is 19.2. The molecule has 0 saturated heterocycles. The number of urea groups is 1. The monoisotopic (exact) mass is 229 g/mol. The van der Waals surface area contributed by atoms with Crippen LogP contribution < -0.4 is 16.6 Å². The van der Waals surface area contributed by atoms with Crippen LogP contribution in [0.2, 0.25) is 0 Å². The second-order valence-electron chi connectivity index (χ2n) is 2.96. The summed E-state index contributed by atoms with van der Waals surface area (Å²) in [6, 6.07) is 2.17. The molecule has 0 unspecified atom stereocenters. The lowest BCUT2D eigenvalue weighted by molar-refractivity contribution is -0.121. The van der Waals surface area contributed by atoms with Gasteiger partial charge in [-0.3, -0.25) is 10.2 Å². The van der Waals surface area contributed by atoms with Crippen LogP contribution in [0.4, 0.5) is 13.6 Å². The van der Waals surface area contributed by atoms with Gasteiger partial charge in [-0.05, 0) is 17.7 Å². The molecule has 0 aliphatic rings. The van der Waals surface area contributed by atoms with Gasteiger partial charge in [0, 0.05) is 0 Å². The largest absolute Gasteiger partial charge is 0.350 e. The zero-order valence-corrected chi connectivity index (χ0v) is 8.09. The van der Waals surface area contributed by atoms with Gasteiger partial charge in [0.05, 0.1) is 6.42 Å². The fourth-order valence-electron chi connectivity index (χ4n) is 1.01. The third-order valence-corrected chi connectivity index (χ3v) is 1.67. The molecule has 0 aromatic heterocycles. The van der Waals surface area contributed by atoms with Gasteiger partial charge in [-0.15, -0.1) is 0 Å². The van der Waals surface area contributed by atoms with Crippen LogP contribution in [0.15, 0.2) is 18.2 Å². The number of rotatable bonds is 2. The Hall–Kier alpha value is -2.18. The van der Waals surface area contributed by atoms with Crippen molar-refractivity contribution in [3.8, 4) is 0 Å². The van der Waals surface area contributed by atoms with E-state index in [1.54, 1.807) is 0 Å². The fourth-order valence-corrected chi connectivity index (χ4v) is 1.01. The molecule has 1 rings (SSSR count). The van der Waals surface area contributed by atoms with Gasteiger partial charge in [0.1, 0.15) is 0 Å². The summed E-state index contributed by atoms with van der Waals surface area (Å²) < 4.78 is 25.3. The number of carbonyl (C=O) groups is 2. The average molecular weight is 229 g/mol. The van der Waals surface area contributed by atoms with Gasteiger partial charge >= 0.3 is 6.03 Å². The maximum Gasteiger partial charge on any atom is 0.330 e. The Morgan fingerprint density at radius 1 is 1.19 bits per heavy atom. The van der Waals surface area contributed by atoms with Crippen molar-refractivity contribution in [3.63, 3.8) is 0 Å². The molecule has 1 aromatic rings. The van der Waals surface area contributed by atoms with Crippen molar-refractivity contribution in [2.24, 2.45) is 5.73 Å². The summed E-state index contributed by atoms with van der Waals surface area (Å²) in [4.78, 5) is 21.4. The van der Waals surface area contributed by atoms with Crippen LogP contribution in [0, 0.1) is 11.6 Å². The Morgan fingerprint density at radius 2 is 1.88 bits per heavy atom. The average Bonchev–Trinajstić information content (AvgIpc) is 2.21. The standard InChI is InChI=1S/C9H9F2N3O2/c10-6-2-1-5(3-7(6)11)4-8(15)13-14-9(12)16/h1-3H,4H2,(H,13,15)(H3,12,14,16). The van der Waals surface area contributed by atoms with E-state index in [0.717, 1.165) is 12.1 Å². The lowest BCUT2D eigenvalue weighted by Gasteiger charge is -2.04. The molecule has 16 heavy (non-hydrogen) atoms. The Bertz CT molecular complexity index is 423. The van der Waals surface area contributed by atoms with Crippen molar-refractivity contribution in [1.29, 1.82) is 0 Å². The first-order chi connectivity index (χ1) is 7.49. The topological polar surface area (TPSA) is 84.2 Å². The molecule has 0 radical (unpaired) electrons.